The van der Waals surface area contributed by atoms with Crippen molar-refractivity contribution in [1.82, 2.24) is 0 Å². The van der Waals surface area contributed by atoms with E-state index in [1.54, 1.807) is 0 Å². The molecule has 0 atom stereocenters. The first-order valence-electron chi connectivity index (χ1n) is 1.63. The van der Waals surface area contributed by atoms with E-state index in [2.05, 4.69) is 0 Å². The van der Waals surface area contributed by atoms with Gasteiger partial charge in [0.2, 0.25) is 14.7 Å². The predicted molar refractivity (Wildman–Crippen MR) is 25.9 cm³/mol. The van der Waals surface area contributed by atoms with Crippen LogP contribution in [0.1, 0.15) is 0 Å². The van der Waals surface area contributed by atoms with Gasteiger partial charge >= 0.3 is 0 Å². The second-order valence-electron chi connectivity index (χ2n) is 0.801. The number of hydrogen-bond donors (Lipinski definition) is 2. The average molecular weight is 69.5 g/mol. The van der Waals surface area contributed by atoms with Gasteiger partial charge in [-0.25, -0.2) is 0 Å². The molecule has 0 amide bonds. The fourth-order valence-electron chi connectivity index (χ4n) is 0.0707. The van der Waals surface area contributed by atoms with Gasteiger partial charge < -0.3 is 10.0 Å². The molecule has 26 valence electrons. The second-order valence-corrected chi connectivity index (χ2v) is 0.801. The lowest BCUT2D eigenvalue weighted by Crippen LogP contribution is -2.10. The summed E-state index contributed by atoms with van der Waals surface area (Å²) >= 11 is 0. The predicted octanol–water partition coefficient (Wildman–Crippen LogP) is -3.06. The van der Waals surface area contributed by atoms with Gasteiger partial charge in [-0.15, -0.1) is 0 Å². The quantitative estimate of drug-likeness (QED) is 0.338. The Morgan fingerprint density at radius 3 is 1.40 bits per heavy atom. The number of hydrogen-bond acceptors (Lipinski definition) is 2. The third kappa shape index (κ3) is 4.11. The minimum Gasteiger partial charge on any atom is -0.463 e. The maximum absolute atomic E-state index is 7.91. The molecule has 2 N–H and O–H groups in total. The third-order valence-electron chi connectivity index (χ3n) is 0.316. The molecule has 0 aromatic rings. The fourth-order valence-corrected chi connectivity index (χ4v) is 0.0707. The van der Waals surface area contributed by atoms with E-state index in [9.17, 15) is 0 Å². The molecular formula is H5B3O2. The van der Waals surface area contributed by atoms with Gasteiger partial charge in [0.25, 0.3) is 0 Å². The zero-order valence-corrected chi connectivity index (χ0v) is 3.02. The van der Waals surface area contributed by atoms with Crippen LogP contribution in [0.15, 0.2) is 0 Å². The van der Waals surface area contributed by atoms with Crippen LogP contribution in [0, 0.1) is 0 Å². The standard InChI is InChI=1S/B3H5O2/c4-2-1-3-5/h1-5H. The van der Waals surface area contributed by atoms with Crippen molar-refractivity contribution in [2.75, 3.05) is 0 Å². The Kier molecular flexibility index (Phi) is 4.21. The van der Waals surface area contributed by atoms with Crippen LogP contribution in [0.2, 0.25) is 0 Å². The summed E-state index contributed by atoms with van der Waals surface area (Å²) in [5, 5.41) is 15.8. The first-order chi connectivity index (χ1) is 2.41. The Hall–Kier alpha value is 0.115. The van der Waals surface area contributed by atoms with E-state index >= 15 is 0 Å². The summed E-state index contributed by atoms with van der Waals surface area (Å²) in [5.41, 5.74) is 0. The van der Waals surface area contributed by atoms with Gasteiger partial charge in [-0.05, 0) is 0 Å². The van der Waals surface area contributed by atoms with E-state index in [1.165, 1.54) is 0 Å². The van der Waals surface area contributed by atoms with Crippen LogP contribution < -0.4 is 0 Å². The van der Waals surface area contributed by atoms with Crippen molar-refractivity contribution in [2.45, 2.75) is 0 Å². The highest BCUT2D eigenvalue weighted by atomic mass is 16.2. The molecule has 0 saturated carbocycles. The molecule has 0 fully saturated rings. The zero-order valence-electron chi connectivity index (χ0n) is 3.02. The molecule has 0 aliphatic heterocycles. The van der Waals surface area contributed by atoms with Crippen molar-refractivity contribution in [3.63, 3.8) is 0 Å². The molecule has 2 nitrogen and oxygen atoms in total. The van der Waals surface area contributed by atoms with Crippen molar-refractivity contribution < 1.29 is 10.0 Å². The van der Waals surface area contributed by atoms with Gasteiger partial charge in [0.1, 0.15) is 7.06 Å². The average Bonchev–Trinajstić information content (AvgIpc) is 1.41. The van der Waals surface area contributed by atoms with E-state index in [0.717, 1.165) is 0 Å². The summed E-state index contributed by atoms with van der Waals surface area (Å²) in [7, 11) is 0.688. The topological polar surface area (TPSA) is 40.5 Å². The van der Waals surface area contributed by atoms with Gasteiger partial charge in [-0.1, -0.05) is 0 Å². The molecule has 0 aliphatic carbocycles. The molecule has 5 heteroatoms. The molecular weight excluding hydrogens is 64.4 g/mol. The van der Waals surface area contributed by atoms with Crippen LogP contribution in [0.4, 0.5) is 0 Å². The molecule has 0 heterocycles. The molecule has 5 heavy (non-hydrogen) atoms. The summed E-state index contributed by atoms with van der Waals surface area (Å²) in [6.07, 6.45) is 0. The summed E-state index contributed by atoms with van der Waals surface area (Å²) < 4.78 is 0. The van der Waals surface area contributed by atoms with Gasteiger partial charge in [-0.3, -0.25) is 0 Å². The SMILES string of the molecule is OBBBO. The summed E-state index contributed by atoms with van der Waals surface area (Å²) in [5.74, 6) is 0. The zero-order chi connectivity index (χ0) is 4.12. The molecule has 0 radical (unpaired) electrons. The minimum atomic E-state index is 0.0938. The van der Waals surface area contributed by atoms with E-state index in [4.69, 9.17) is 10.0 Å². The molecule has 0 aromatic carbocycles. The molecule has 0 unspecified atom stereocenters. The monoisotopic (exact) mass is 70.1 g/mol. The Morgan fingerprint density at radius 2 is 1.40 bits per heavy atom. The van der Waals surface area contributed by atoms with Crippen molar-refractivity contribution in [3.05, 3.63) is 0 Å². The fraction of sp³-hybridized carbons (Fsp3) is 0. The molecule has 0 spiro atoms. The second kappa shape index (κ2) is 4.11. The normalized spacial score (nSPS) is 6.00. The van der Waals surface area contributed by atoms with Crippen molar-refractivity contribution in [3.8, 4) is 0 Å². The lowest BCUT2D eigenvalue weighted by Gasteiger charge is -1.69. The lowest BCUT2D eigenvalue weighted by molar-refractivity contribution is 0.614. The van der Waals surface area contributed by atoms with Crippen LogP contribution in [0.3, 0.4) is 0 Å². The van der Waals surface area contributed by atoms with E-state index < -0.39 is 0 Å². The largest absolute Gasteiger partial charge is 0.463 e. The van der Waals surface area contributed by atoms with Crippen molar-refractivity contribution in [2.24, 2.45) is 0 Å². The van der Waals surface area contributed by atoms with Crippen LogP contribution in [0.5, 0.6) is 0 Å². The lowest BCUT2D eigenvalue weighted by atomic mass is 9.32. The minimum absolute atomic E-state index is 0.0938. The van der Waals surface area contributed by atoms with Crippen molar-refractivity contribution in [1.29, 1.82) is 0 Å². The maximum Gasteiger partial charge on any atom is 0.225 e. The molecule has 0 aliphatic rings. The van der Waals surface area contributed by atoms with Gasteiger partial charge in [0.15, 0.2) is 0 Å². The Morgan fingerprint density at radius 1 is 1.00 bits per heavy atom. The maximum atomic E-state index is 7.91. The molecule has 0 bridgehead atoms. The summed E-state index contributed by atoms with van der Waals surface area (Å²) in [6, 6.07) is 0. The van der Waals surface area contributed by atoms with Crippen LogP contribution in [-0.2, 0) is 0 Å². The van der Waals surface area contributed by atoms with Crippen LogP contribution >= 0.6 is 0 Å². The smallest absolute Gasteiger partial charge is 0.225 e. The first kappa shape index (κ1) is 5.11. The van der Waals surface area contributed by atoms with Crippen molar-refractivity contribution >= 4 is 21.8 Å². The Balaban J connectivity index is 2.19. The Labute approximate surface area is 33.0 Å². The highest BCUT2D eigenvalue weighted by molar-refractivity contribution is 7.25. The van der Waals surface area contributed by atoms with Crippen LogP contribution in [-0.4, -0.2) is 31.9 Å². The number of rotatable bonds is 2. The summed E-state index contributed by atoms with van der Waals surface area (Å²) in [6.45, 7) is 0. The highest BCUT2D eigenvalue weighted by Crippen LogP contribution is 1.37. The van der Waals surface area contributed by atoms with E-state index in [-0.39, 0.29) is 14.7 Å². The van der Waals surface area contributed by atoms with Gasteiger partial charge in [0.05, 0.1) is 0 Å². The molecule has 0 aromatic heterocycles. The summed E-state index contributed by atoms with van der Waals surface area (Å²) in [4.78, 5) is 0. The van der Waals surface area contributed by atoms with Gasteiger partial charge in [0, 0.05) is 0 Å². The first-order valence-corrected chi connectivity index (χ1v) is 1.63. The van der Waals surface area contributed by atoms with E-state index in [1.807, 2.05) is 0 Å². The molecule has 0 saturated heterocycles. The van der Waals surface area contributed by atoms with Crippen LogP contribution in [0.25, 0.3) is 0 Å². The van der Waals surface area contributed by atoms with Gasteiger partial charge in [-0.2, -0.15) is 0 Å². The third-order valence-corrected chi connectivity index (χ3v) is 0.316. The molecule has 0 rings (SSSR count). The Bertz CT molecular complexity index is 12.4. The highest BCUT2D eigenvalue weighted by Gasteiger charge is 1.83. The van der Waals surface area contributed by atoms with E-state index in [0.29, 0.717) is 7.06 Å².